The van der Waals surface area contributed by atoms with Gasteiger partial charge in [0.25, 0.3) is 0 Å². The Morgan fingerprint density at radius 1 is 1.50 bits per heavy atom. The topological polar surface area (TPSA) is 29.1 Å². The molecule has 0 heterocycles. The fourth-order valence-corrected chi connectivity index (χ4v) is 2.40. The van der Waals surface area contributed by atoms with Crippen LogP contribution in [0.25, 0.3) is 0 Å². The van der Waals surface area contributed by atoms with Crippen LogP contribution in [0.15, 0.2) is 0 Å². The number of rotatable bonds is 5. The van der Waals surface area contributed by atoms with Gasteiger partial charge in [-0.25, -0.2) is 0 Å². The Balaban J connectivity index is 2.25. The van der Waals surface area contributed by atoms with Crippen molar-refractivity contribution in [3.05, 3.63) is 0 Å². The summed E-state index contributed by atoms with van der Waals surface area (Å²) in [6, 6.07) is 0.344. The molecule has 1 fully saturated rings. The fraction of sp³-hybridized carbons (Fsp3) is 0.909. The average molecular weight is 218 g/mol. The van der Waals surface area contributed by atoms with E-state index < -0.39 is 0 Å². The van der Waals surface area contributed by atoms with Crippen LogP contribution in [0.2, 0.25) is 0 Å². The molecule has 1 saturated carbocycles. The SMILES string of the molecule is CCCCC(=O)NC1CCCC1CCl. The van der Waals surface area contributed by atoms with E-state index in [2.05, 4.69) is 12.2 Å². The molecular formula is C11H20ClNO. The van der Waals surface area contributed by atoms with Crippen LogP contribution in [0, 0.1) is 5.92 Å². The van der Waals surface area contributed by atoms with E-state index in [1.165, 1.54) is 12.8 Å². The summed E-state index contributed by atoms with van der Waals surface area (Å²) in [7, 11) is 0. The van der Waals surface area contributed by atoms with E-state index in [0.717, 1.165) is 19.3 Å². The number of carbonyl (C=O) groups excluding carboxylic acids is 1. The average Bonchev–Trinajstić information content (AvgIpc) is 2.62. The number of unbranched alkanes of at least 4 members (excludes halogenated alkanes) is 1. The van der Waals surface area contributed by atoms with E-state index in [-0.39, 0.29) is 5.91 Å². The molecular weight excluding hydrogens is 198 g/mol. The second-order valence-electron chi connectivity index (χ2n) is 4.12. The van der Waals surface area contributed by atoms with E-state index in [9.17, 15) is 4.79 Å². The van der Waals surface area contributed by atoms with E-state index in [1.54, 1.807) is 0 Å². The minimum Gasteiger partial charge on any atom is -0.353 e. The summed E-state index contributed by atoms with van der Waals surface area (Å²) in [5, 5.41) is 3.09. The van der Waals surface area contributed by atoms with Crippen LogP contribution in [0.5, 0.6) is 0 Å². The Kier molecular flexibility index (Phi) is 5.31. The fourth-order valence-electron chi connectivity index (χ4n) is 2.03. The Morgan fingerprint density at radius 2 is 2.29 bits per heavy atom. The molecule has 0 spiro atoms. The van der Waals surface area contributed by atoms with Crippen LogP contribution < -0.4 is 5.32 Å². The maximum atomic E-state index is 11.5. The molecule has 0 aromatic carbocycles. The van der Waals surface area contributed by atoms with Gasteiger partial charge in [-0.2, -0.15) is 0 Å². The molecule has 3 heteroatoms. The molecule has 1 aliphatic carbocycles. The lowest BCUT2D eigenvalue weighted by atomic mass is 10.1. The minimum atomic E-state index is 0.203. The molecule has 14 heavy (non-hydrogen) atoms. The van der Waals surface area contributed by atoms with Gasteiger partial charge in [0, 0.05) is 18.3 Å². The first-order valence-electron chi connectivity index (χ1n) is 5.63. The molecule has 1 amide bonds. The zero-order valence-corrected chi connectivity index (χ0v) is 9.65. The summed E-state index contributed by atoms with van der Waals surface area (Å²) in [6.45, 7) is 2.10. The van der Waals surface area contributed by atoms with Gasteiger partial charge >= 0.3 is 0 Å². The quantitative estimate of drug-likeness (QED) is 0.705. The molecule has 0 aliphatic heterocycles. The van der Waals surface area contributed by atoms with Crippen LogP contribution >= 0.6 is 11.6 Å². The zero-order valence-electron chi connectivity index (χ0n) is 8.89. The van der Waals surface area contributed by atoms with Crippen LogP contribution in [0.1, 0.15) is 45.4 Å². The smallest absolute Gasteiger partial charge is 0.220 e. The summed E-state index contributed by atoms with van der Waals surface area (Å²) in [5.74, 6) is 1.38. The Bertz CT molecular complexity index is 184. The van der Waals surface area contributed by atoms with Gasteiger partial charge < -0.3 is 5.32 Å². The van der Waals surface area contributed by atoms with Gasteiger partial charge in [0.15, 0.2) is 0 Å². The van der Waals surface area contributed by atoms with Crippen LogP contribution in [0.3, 0.4) is 0 Å². The Hall–Kier alpha value is -0.240. The maximum Gasteiger partial charge on any atom is 0.220 e. The summed E-state index contributed by atoms with van der Waals surface area (Å²) in [5.41, 5.74) is 0. The molecule has 0 bridgehead atoms. The summed E-state index contributed by atoms with van der Waals surface area (Å²) in [4.78, 5) is 11.5. The second-order valence-corrected chi connectivity index (χ2v) is 4.43. The largest absolute Gasteiger partial charge is 0.353 e. The van der Waals surface area contributed by atoms with Crippen LogP contribution in [-0.2, 0) is 4.79 Å². The van der Waals surface area contributed by atoms with Crippen LogP contribution in [0.4, 0.5) is 0 Å². The van der Waals surface area contributed by atoms with Crippen molar-refractivity contribution in [1.82, 2.24) is 5.32 Å². The van der Waals surface area contributed by atoms with Gasteiger partial charge in [-0.1, -0.05) is 19.8 Å². The molecule has 1 aliphatic rings. The van der Waals surface area contributed by atoms with E-state index in [0.29, 0.717) is 24.3 Å². The Morgan fingerprint density at radius 3 is 2.93 bits per heavy atom. The van der Waals surface area contributed by atoms with Crippen molar-refractivity contribution >= 4 is 17.5 Å². The van der Waals surface area contributed by atoms with Crippen LogP contribution in [-0.4, -0.2) is 17.8 Å². The predicted octanol–water partition coefficient (Wildman–Crippen LogP) is 2.70. The highest BCUT2D eigenvalue weighted by molar-refractivity contribution is 6.18. The first kappa shape index (κ1) is 11.8. The molecule has 1 rings (SSSR count). The van der Waals surface area contributed by atoms with Gasteiger partial charge in [-0.05, 0) is 25.2 Å². The lowest BCUT2D eigenvalue weighted by molar-refractivity contribution is -0.122. The molecule has 82 valence electrons. The minimum absolute atomic E-state index is 0.203. The summed E-state index contributed by atoms with van der Waals surface area (Å²) in [6.07, 6.45) is 6.22. The van der Waals surface area contributed by atoms with Gasteiger partial charge in [0.05, 0.1) is 0 Å². The zero-order chi connectivity index (χ0) is 10.4. The highest BCUT2D eigenvalue weighted by Crippen LogP contribution is 2.26. The molecule has 0 aromatic rings. The summed E-state index contributed by atoms with van der Waals surface area (Å²) >= 11 is 5.84. The highest BCUT2D eigenvalue weighted by atomic mass is 35.5. The molecule has 0 radical (unpaired) electrons. The second kappa shape index (κ2) is 6.28. The van der Waals surface area contributed by atoms with E-state index >= 15 is 0 Å². The third-order valence-corrected chi connectivity index (χ3v) is 3.36. The molecule has 1 N–H and O–H groups in total. The van der Waals surface area contributed by atoms with Crippen molar-refractivity contribution in [2.45, 2.75) is 51.5 Å². The first-order valence-corrected chi connectivity index (χ1v) is 6.16. The molecule has 2 nitrogen and oxygen atoms in total. The standard InChI is InChI=1S/C11H20ClNO/c1-2-3-7-11(14)13-10-6-4-5-9(10)8-12/h9-10H,2-8H2,1H3,(H,13,14). The predicted molar refractivity (Wildman–Crippen MR) is 59.5 cm³/mol. The number of carbonyl (C=O) groups is 1. The number of hydrogen-bond acceptors (Lipinski definition) is 1. The molecule has 2 unspecified atom stereocenters. The van der Waals surface area contributed by atoms with E-state index in [1.807, 2.05) is 0 Å². The number of amides is 1. The number of hydrogen-bond donors (Lipinski definition) is 1. The van der Waals surface area contributed by atoms with Crippen molar-refractivity contribution in [3.8, 4) is 0 Å². The highest BCUT2D eigenvalue weighted by Gasteiger charge is 2.27. The normalized spacial score (nSPS) is 26.4. The first-order chi connectivity index (χ1) is 6.77. The molecule has 0 saturated heterocycles. The van der Waals surface area contributed by atoms with Gasteiger partial charge in [-0.15, -0.1) is 11.6 Å². The van der Waals surface area contributed by atoms with Gasteiger partial charge in [0.2, 0.25) is 5.91 Å². The third kappa shape index (κ3) is 3.49. The number of nitrogens with one attached hydrogen (secondary N) is 1. The molecule has 2 atom stereocenters. The van der Waals surface area contributed by atoms with Crippen molar-refractivity contribution < 1.29 is 4.79 Å². The van der Waals surface area contributed by atoms with Crippen molar-refractivity contribution in [2.75, 3.05) is 5.88 Å². The maximum absolute atomic E-state index is 11.5. The van der Waals surface area contributed by atoms with E-state index in [4.69, 9.17) is 11.6 Å². The number of halogens is 1. The lowest BCUT2D eigenvalue weighted by Gasteiger charge is -2.18. The lowest BCUT2D eigenvalue weighted by Crippen LogP contribution is -2.37. The monoisotopic (exact) mass is 217 g/mol. The molecule has 0 aromatic heterocycles. The summed E-state index contributed by atoms with van der Waals surface area (Å²) < 4.78 is 0. The Labute approximate surface area is 91.4 Å². The number of alkyl halides is 1. The van der Waals surface area contributed by atoms with Crippen molar-refractivity contribution in [3.63, 3.8) is 0 Å². The van der Waals surface area contributed by atoms with Crippen molar-refractivity contribution in [1.29, 1.82) is 0 Å². The van der Waals surface area contributed by atoms with Gasteiger partial charge in [-0.3, -0.25) is 4.79 Å². The van der Waals surface area contributed by atoms with Gasteiger partial charge in [0.1, 0.15) is 0 Å². The third-order valence-electron chi connectivity index (χ3n) is 2.96. The van der Waals surface area contributed by atoms with Crippen molar-refractivity contribution in [2.24, 2.45) is 5.92 Å².